The molecule has 1 aliphatic rings. The Hall–Kier alpha value is -3.75. The molecule has 2 aromatic heterocycles. The number of benzene rings is 1. The number of hydrogen-bond acceptors (Lipinski definition) is 6. The third-order valence-corrected chi connectivity index (χ3v) is 4.36. The molecule has 0 bridgehead atoms. The van der Waals surface area contributed by atoms with Gasteiger partial charge in [-0.3, -0.25) is 19.6 Å². The fraction of sp³-hybridized carbons (Fsp3) is 0.211. The molecule has 0 radical (unpaired) electrons. The van der Waals surface area contributed by atoms with Gasteiger partial charge in [-0.1, -0.05) is 30.3 Å². The van der Waals surface area contributed by atoms with Gasteiger partial charge in [0.05, 0.1) is 0 Å². The lowest BCUT2D eigenvalue weighted by Crippen LogP contribution is -2.49. The Kier molecular flexibility index (Phi) is 4.71. The summed E-state index contributed by atoms with van der Waals surface area (Å²) in [5.41, 5.74) is 1.05. The predicted molar refractivity (Wildman–Crippen MR) is 100 cm³/mol. The maximum atomic E-state index is 12.7. The molecule has 28 heavy (non-hydrogen) atoms. The third-order valence-electron chi connectivity index (χ3n) is 4.36. The van der Waals surface area contributed by atoms with E-state index in [4.69, 9.17) is 4.74 Å². The number of carbonyl (C=O) groups excluding carboxylic acids is 2. The van der Waals surface area contributed by atoms with E-state index >= 15 is 0 Å². The largest absolute Gasteiger partial charge is 0.487 e. The highest BCUT2D eigenvalue weighted by molar-refractivity contribution is 6.01. The van der Waals surface area contributed by atoms with Gasteiger partial charge in [-0.25, -0.2) is 9.97 Å². The van der Waals surface area contributed by atoms with Crippen molar-refractivity contribution in [1.29, 1.82) is 0 Å². The highest BCUT2D eigenvalue weighted by Crippen LogP contribution is 2.27. The maximum absolute atomic E-state index is 12.7. The molecule has 1 aliphatic heterocycles. The van der Waals surface area contributed by atoms with Gasteiger partial charge in [0, 0.05) is 19.7 Å². The van der Waals surface area contributed by atoms with E-state index in [-0.39, 0.29) is 18.3 Å². The zero-order valence-corrected chi connectivity index (χ0v) is 15.1. The van der Waals surface area contributed by atoms with Crippen molar-refractivity contribution in [2.75, 3.05) is 18.6 Å². The first-order chi connectivity index (χ1) is 13.6. The van der Waals surface area contributed by atoms with Crippen molar-refractivity contribution in [3.8, 4) is 5.75 Å². The fourth-order valence-electron chi connectivity index (χ4n) is 2.92. The summed E-state index contributed by atoms with van der Waals surface area (Å²) >= 11 is 0. The van der Waals surface area contributed by atoms with Crippen molar-refractivity contribution in [3.63, 3.8) is 0 Å². The summed E-state index contributed by atoms with van der Waals surface area (Å²) in [4.78, 5) is 34.9. The lowest BCUT2D eigenvalue weighted by Gasteiger charge is -2.18. The van der Waals surface area contributed by atoms with E-state index in [1.54, 1.807) is 25.4 Å². The molecule has 3 aromatic rings. The van der Waals surface area contributed by atoms with Gasteiger partial charge in [0.15, 0.2) is 11.6 Å². The number of ether oxygens (including phenoxy) is 1. The summed E-state index contributed by atoms with van der Waals surface area (Å²) in [6.45, 7) is -0.00506. The van der Waals surface area contributed by atoms with Crippen molar-refractivity contribution in [1.82, 2.24) is 25.5 Å². The van der Waals surface area contributed by atoms with E-state index in [0.717, 1.165) is 5.56 Å². The highest BCUT2D eigenvalue weighted by Gasteiger charge is 2.32. The quantitative estimate of drug-likeness (QED) is 0.699. The minimum absolute atomic E-state index is 0.00506. The highest BCUT2D eigenvalue weighted by atomic mass is 16.5. The van der Waals surface area contributed by atoms with Crippen molar-refractivity contribution >= 4 is 17.6 Å². The summed E-state index contributed by atoms with van der Waals surface area (Å²) in [5.74, 6) is 0.552. The van der Waals surface area contributed by atoms with Crippen LogP contribution >= 0.6 is 0 Å². The number of likely N-dealkylation sites (N-methyl/N-ethyl adjacent to an activating group) is 1. The molecule has 2 N–H and O–H groups in total. The molecule has 1 aromatic carbocycles. The number of amides is 2. The molecule has 9 nitrogen and oxygen atoms in total. The number of pyridine rings is 1. The number of fused-ring (bicyclic) bond motifs is 1. The van der Waals surface area contributed by atoms with E-state index < -0.39 is 11.9 Å². The van der Waals surface area contributed by atoms with Crippen LogP contribution in [0.15, 0.2) is 48.7 Å². The minimum Gasteiger partial charge on any atom is -0.487 e. The average molecular weight is 378 g/mol. The summed E-state index contributed by atoms with van der Waals surface area (Å²) in [6.07, 6.45) is 2.10. The average Bonchev–Trinajstić information content (AvgIpc) is 3.15. The van der Waals surface area contributed by atoms with Crippen LogP contribution in [0.3, 0.4) is 0 Å². The maximum Gasteiger partial charge on any atom is 0.291 e. The first-order valence-corrected chi connectivity index (χ1v) is 8.73. The number of rotatable bonds is 4. The van der Waals surface area contributed by atoms with Crippen molar-refractivity contribution < 1.29 is 14.3 Å². The molecule has 142 valence electrons. The topological polar surface area (TPSA) is 113 Å². The molecular weight excluding hydrogens is 360 g/mol. The molecule has 0 fully saturated rings. The molecule has 9 heteroatoms. The van der Waals surface area contributed by atoms with Crippen LogP contribution in [0, 0.1) is 0 Å². The molecule has 1 atom stereocenters. The number of H-pyrrole nitrogens is 1. The van der Waals surface area contributed by atoms with Crippen LogP contribution < -0.4 is 15.0 Å². The Bertz CT molecular complexity index is 1000. The molecule has 0 spiro atoms. The fourth-order valence-corrected chi connectivity index (χ4v) is 2.92. The Morgan fingerprint density at radius 3 is 2.93 bits per heavy atom. The summed E-state index contributed by atoms with van der Waals surface area (Å²) in [6, 6.07) is 12.3. The van der Waals surface area contributed by atoms with Crippen LogP contribution in [0.1, 0.15) is 22.0 Å². The number of hydrogen-bond donors (Lipinski definition) is 2. The second-order valence-corrected chi connectivity index (χ2v) is 6.33. The lowest BCUT2D eigenvalue weighted by molar-refractivity contribution is -0.120. The van der Waals surface area contributed by atoms with Gasteiger partial charge in [-0.05, 0) is 17.7 Å². The van der Waals surface area contributed by atoms with E-state index in [1.807, 2.05) is 30.3 Å². The van der Waals surface area contributed by atoms with Crippen molar-refractivity contribution in [3.05, 3.63) is 65.9 Å². The molecule has 3 heterocycles. The van der Waals surface area contributed by atoms with E-state index in [9.17, 15) is 9.59 Å². The Labute approximate surface area is 160 Å². The Morgan fingerprint density at radius 1 is 1.29 bits per heavy atom. The number of carbonyl (C=O) groups is 2. The van der Waals surface area contributed by atoms with E-state index in [1.165, 1.54) is 4.90 Å². The van der Waals surface area contributed by atoms with Gasteiger partial charge in [-0.2, -0.15) is 0 Å². The SMILES string of the molecule is CN1C(=O)C(NC(=O)c2n[nH]c(Cc3ccccc3)n2)COc2cccnc21. The normalized spacial score (nSPS) is 16.1. The molecule has 4 rings (SSSR count). The van der Waals surface area contributed by atoms with E-state index in [0.29, 0.717) is 23.8 Å². The molecular formula is C19H18N6O3. The van der Waals surface area contributed by atoms with Crippen molar-refractivity contribution in [2.45, 2.75) is 12.5 Å². The molecule has 1 unspecified atom stereocenters. The molecule has 0 saturated carbocycles. The third kappa shape index (κ3) is 3.54. The minimum atomic E-state index is -0.872. The van der Waals surface area contributed by atoms with Gasteiger partial charge in [0.2, 0.25) is 5.82 Å². The van der Waals surface area contributed by atoms with Crippen LogP contribution in [0.4, 0.5) is 5.82 Å². The predicted octanol–water partition coefficient (Wildman–Crippen LogP) is 0.944. The monoisotopic (exact) mass is 378 g/mol. The van der Waals surface area contributed by atoms with Gasteiger partial charge in [0.25, 0.3) is 11.8 Å². The first kappa shape index (κ1) is 17.7. The lowest BCUT2D eigenvalue weighted by atomic mass is 10.1. The summed E-state index contributed by atoms with van der Waals surface area (Å²) in [5, 5.41) is 9.36. The smallest absolute Gasteiger partial charge is 0.291 e. The Morgan fingerprint density at radius 2 is 2.11 bits per heavy atom. The number of aromatic nitrogens is 4. The second-order valence-electron chi connectivity index (χ2n) is 6.33. The van der Waals surface area contributed by atoms with Crippen molar-refractivity contribution in [2.24, 2.45) is 0 Å². The Balaban J connectivity index is 1.45. The van der Waals surface area contributed by atoms with Crippen LogP contribution in [0.2, 0.25) is 0 Å². The number of nitrogens with zero attached hydrogens (tertiary/aromatic N) is 4. The van der Waals surface area contributed by atoms with Gasteiger partial charge in [-0.15, -0.1) is 5.10 Å². The van der Waals surface area contributed by atoms with Crippen LogP contribution in [-0.4, -0.2) is 51.7 Å². The van der Waals surface area contributed by atoms with E-state index in [2.05, 4.69) is 25.5 Å². The zero-order valence-electron chi connectivity index (χ0n) is 15.1. The summed E-state index contributed by atoms with van der Waals surface area (Å²) in [7, 11) is 1.59. The van der Waals surface area contributed by atoms with Gasteiger partial charge >= 0.3 is 0 Å². The first-order valence-electron chi connectivity index (χ1n) is 8.73. The van der Waals surface area contributed by atoms with Gasteiger partial charge < -0.3 is 10.1 Å². The molecule has 0 aliphatic carbocycles. The van der Waals surface area contributed by atoms with Crippen LogP contribution in [-0.2, 0) is 11.2 Å². The second kappa shape index (κ2) is 7.47. The number of nitrogens with one attached hydrogen (secondary N) is 2. The van der Waals surface area contributed by atoms with Gasteiger partial charge in [0.1, 0.15) is 18.5 Å². The number of aromatic amines is 1. The summed E-state index contributed by atoms with van der Waals surface area (Å²) < 4.78 is 5.63. The van der Waals surface area contributed by atoms with Crippen LogP contribution in [0.25, 0.3) is 0 Å². The molecule has 2 amide bonds. The van der Waals surface area contributed by atoms with Crippen LogP contribution in [0.5, 0.6) is 5.75 Å². The number of anilines is 1. The molecule has 0 saturated heterocycles. The standard InChI is InChI=1S/C19H18N6O3/c1-25-17-14(8-5-9-20-17)28-11-13(19(25)27)21-18(26)16-22-15(23-24-16)10-12-6-3-2-4-7-12/h2-9,13H,10-11H2,1H3,(H,21,26)(H,22,23,24). The zero-order chi connectivity index (χ0) is 19.5.